The first kappa shape index (κ1) is 21.0. The van der Waals surface area contributed by atoms with Crippen LogP contribution in [0.1, 0.15) is 38.9 Å². The van der Waals surface area contributed by atoms with Gasteiger partial charge in [0.15, 0.2) is 5.16 Å². The second-order valence-corrected chi connectivity index (χ2v) is 7.75. The van der Waals surface area contributed by atoms with Gasteiger partial charge in [0.1, 0.15) is 11.3 Å². The number of ether oxygens (including phenoxy) is 1. The van der Waals surface area contributed by atoms with E-state index in [1.165, 1.54) is 11.8 Å². The van der Waals surface area contributed by atoms with Crippen molar-refractivity contribution >= 4 is 34.4 Å². The quantitative estimate of drug-likeness (QED) is 0.427. The lowest BCUT2D eigenvalue weighted by Crippen LogP contribution is -2.26. The summed E-state index contributed by atoms with van der Waals surface area (Å²) in [6.07, 6.45) is 0.786. The molecule has 3 rings (SSSR count). The molecule has 29 heavy (non-hydrogen) atoms. The van der Waals surface area contributed by atoms with E-state index < -0.39 is 0 Å². The molecule has 0 aliphatic carbocycles. The van der Waals surface area contributed by atoms with Crippen molar-refractivity contribution in [3.63, 3.8) is 0 Å². The molecule has 1 aromatic carbocycles. The molecular weight excluding hydrogens is 388 g/mol. The van der Waals surface area contributed by atoms with Crippen molar-refractivity contribution in [1.29, 1.82) is 0 Å². The highest BCUT2D eigenvalue weighted by molar-refractivity contribution is 7.99. The normalized spacial score (nSPS) is 12.1. The summed E-state index contributed by atoms with van der Waals surface area (Å²) in [5.41, 5.74) is 2.53. The van der Waals surface area contributed by atoms with Gasteiger partial charge in [0, 0.05) is 11.7 Å². The van der Waals surface area contributed by atoms with E-state index in [0.29, 0.717) is 34.2 Å². The van der Waals surface area contributed by atoms with Crippen molar-refractivity contribution < 1.29 is 9.53 Å². The number of thioether (sulfide) groups is 1. The lowest BCUT2D eigenvalue weighted by Gasteiger charge is -2.17. The molecule has 2 N–H and O–H groups in total. The van der Waals surface area contributed by atoms with E-state index in [1.807, 2.05) is 52.0 Å². The van der Waals surface area contributed by atoms with Gasteiger partial charge in [-0.3, -0.25) is 14.2 Å². The van der Waals surface area contributed by atoms with E-state index in [4.69, 9.17) is 4.74 Å². The Labute approximate surface area is 173 Å². The Morgan fingerprint density at radius 3 is 2.83 bits per heavy atom. The topological polar surface area (TPSA) is 89.0 Å². The Morgan fingerprint density at radius 1 is 1.34 bits per heavy atom. The molecule has 0 aliphatic rings. The summed E-state index contributed by atoms with van der Waals surface area (Å²) in [6.45, 7) is 8.31. The third-order valence-corrected chi connectivity index (χ3v) is 5.56. The summed E-state index contributed by atoms with van der Waals surface area (Å²) < 4.78 is 7.22. The predicted octanol–water partition coefficient (Wildman–Crippen LogP) is 4.13. The number of aromatic nitrogens is 3. The highest BCUT2D eigenvalue weighted by Crippen LogP contribution is 2.26. The number of rotatable bonds is 8. The maximum absolute atomic E-state index is 13.0. The van der Waals surface area contributed by atoms with Crippen LogP contribution in [0.5, 0.6) is 5.75 Å². The molecule has 8 heteroatoms. The maximum atomic E-state index is 13.0. The number of carbonyl (C=O) groups excluding carboxylic acids is 1. The number of fused-ring (bicyclic) bond motifs is 1. The van der Waals surface area contributed by atoms with Crippen molar-refractivity contribution in [2.75, 3.05) is 17.7 Å². The summed E-state index contributed by atoms with van der Waals surface area (Å²) in [7, 11) is 0. The van der Waals surface area contributed by atoms with E-state index >= 15 is 0 Å². The molecule has 0 saturated carbocycles. The monoisotopic (exact) mass is 414 g/mol. The summed E-state index contributed by atoms with van der Waals surface area (Å²) in [5.74, 6) is 0.586. The van der Waals surface area contributed by atoms with Crippen LogP contribution in [0.2, 0.25) is 0 Å². The number of aromatic amines is 1. The zero-order valence-electron chi connectivity index (χ0n) is 17.1. The first-order valence-electron chi connectivity index (χ1n) is 9.70. The minimum absolute atomic E-state index is 0.0211. The maximum Gasteiger partial charge on any atom is 0.278 e. The zero-order valence-corrected chi connectivity index (χ0v) is 17.9. The molecule has 0 unspecified atom stereocenters. The molecule has 0 radical (unpaired) electrons. The molecule has 7 nitrogen and oxygen atoms in total. The fourth-order valence-corrected chi connectivity index (χ4v) is 3.93. The molecule has 0 aliphatic heterocycles. The Morgan fingerprint density at radius 2 is 2.10 bits per heavy atom. The van der Waals surface area contributed by atoms with Gasteiger partial charge in [-0.25, -0.2) is 4.98 Å². The molecule has 154 valence electrons. The highest BCUT2D eigenvalue weighted by Gasteiger charge is 2.18. The fourth-order valence-electron chi connectivity index (χ4n) is 3.03. The lowest BCUT2D eigenvalue weighted by molar-refractivity contribution is -0.113. The van der Waals surface area contributed by atoms with Crippen LogP contribution in [-0.4, -0.2) is 32.8 Å². The Hall–Kier alpha value is -2.74. The van der Waals surface area contributed by atoms with E-state index in [-0.39, 0.29) is 23.3 Å². The number of anilines is 1. The van der Waals surface area contributed by atoms with Crippen LogP contribution in [0.3, 0.4) is 0 Å². The number of benzene rings is 1. The third-order valence-electron chi connectivity index (χ3n) is 4.61. The number of hydrogen-bond donors (Lipinski definition) is 2. The van der Waals surface area contributed by atoms with Crippen molar-refractivity contribution in [3.05, 3.63) is 46.4 Å². The molecule has 0 fully saturated rings. The van der Waals surface area contributed by atoms with Gasteiger partial charge < -0.3 is 15.0 Å². The van der Waals surface area contributed by atoms with Gasteiger partial charge in [-0.05, 0) is 45.4 Å². The van der Waals surface area contributed by atoms with Crippen LogP contribution in [-0.2, 0) is 4.79 Å². The largest absolute Gasteiger partial charge is 0.492 e. The predicted molar refractivity (Wildman–Crippen MR) is 117 cm³/mol. The molecule has 3 aromatic rings. The summed E-state index contributed by atoms with van der Waals surface area (Å²) in [5, 5.41) is 3.42. The van der Waals surface area contributed by atoms with Crippen LogP contribution in [0, 0.1) is 6.92 Å². The minimum Gasteiger partial charge on any atom is -0.492 e. The Balaban J connectivity index is 1.83. The smallest absolute Gasteiger partial charge is 0.278 e. The number of carbonyl (C=O) groups is 1. The van der Waals surface area contributed by atoms with E-state index in [2.05, 4.69) is 15.3 Å². The number of nitrogens with zero attached hydrogens (tertiary/aromatic N) is 2. The third kappa shape index (κ3) is 4.64. The van der Waals surface area contributed by atoms with Crippen molar-refractivity contribution in [1.82, 2.24) is 14.5 Å². The van der Waals surface area contributed by atoms with Crippen molar-refractivity contribution in [2.45, 2.75) is 45.3 Å². The average Bonchev–Trinajstić information content (AvgIpc) is 3.08. The number of amides is 1. The number of hydrogen-bond acceptors (Lipinski definition) is 5. The first-order valence-corrected chi connectivity index (χ1v) is 10.7. The second-order valence-electron chi connectivity index (χ2n) is 6.81. The van der Waals surface area contributed by atoms with Gasteiger partial charge in [0.25, 0.3) is 5.56 Å². The van der Waals surface area contributed by atoms with Crippen LogP contribution in [0.25, 0.3) is 11.0 Å². The van der Waals surface area contributed by atoms with Gasteiger partial charge >= 0.3 is 0 Å². The lowest BCUT2D eigenvalue weighted by atomic mass is 10.2. The molecule has 0 bridgehead atoms. The summed E-state index contributed by atoms with van der Waals surface area (Å²) in [6, 6.07) is 9.15. The van der Waals surface area contributed by atoms with Crippen LogP contribution >= 0.6 is 11.8 Å². The molecule has 1 amide bonds. The fraction of sp³-hybridized carbons (Fsp3) is 0.381. The van der Waals surface area contributed by atoms with Crippen molar-refractivity contribution in [3.8, 4) is 5.75 Å². The summed E-state index contributed by atoms with van der Waals surface area (Å²) >= 11 is 1.26. The molecule has 2 aromatic heterocycles. The second kappa shape index (κ2) is 9.17. The zero-order chi connectivity index (χ0) is 21.0. The van der Waals surface area contributed by atoms with E-state index in [9.17, 15) is 9.59 Å². The first-order chi connectivity index (χ1) is 13.9. The molecular formula is C21H26N4O3S. The van der Waals surface area contributed by atoms with Gasteiger partial charge in [-0.1, -0.05) is 30.8 Å². The number of H-pyrrole nitrogens is 1. The minimum atomic E-state index is -0.183. The average molecular weight is 415 g/mol. The van der Waals surface area contributed by atoms with Crippen LogP contribution in [0.4, 0.5) is 5.69 Å². The van der Waals surface area contributed by atoms with E-state index in [0.717, 1.165) is 12.1 Å². The van der Waals surface area contributed by atoms with Gasteiger partial charge in [-0.2, -0.15) is 0 Å². The van der Waals surface area contributed by atoms with Crippen LogP contribution < -0.4 is 15.6 Å². The van der Waals surface area contributed by atoms with Crippen molar-refractivity contribution in [2.24, 2.45) is 0 Å². The van der Waals surface area contributed by atoms with Gasteiger partial charge in [-0.15, -0.1) is 0 Å². The van der Waals surface area contributed by atoms with Gasteiger partial charge in [0.2, 0.25) is 5.91 Å². The SMILES string of the molecule is CCOc1ccccc1NC(=O)CSc1nc2cc(C)[nH]c2c(=O)n1[C@H](C)CC. The Kier molecular flexibility index (Phi) is 6.64. The van der Waals surface area contributed by atoms with Crippen LogP contribution in [0.15, 0.2) is 40.3 Å². The number of aryl methyl sites for hydroxylation is 1. The Bertz CT molecular complexity index is 1070. The van der Waals surface area contributed by atoms with Gasteiger partial charge in [0.05, 0.1) is 23.6 Å². The number of nitrogens with one attached hydrogen (secondary N) is 2. The molecule has 0 saturated heterocycles. The molecule has 2 heterocycles. The highest BCUT2D eigenvalue weighted by atomic mass is 32.2. The standard InChI is InChI=1S/C21H26N4O3S/c1-5-14(4)25-20(27)19-16(11-13(3)22-19)24-21(25)29-12-18(26)23-15-9-7-8-10-17(15)28-6-2/h7-11,14,22H,5-6,12H2,1-4H3,(H,23,26)/t14-/m1/s1. The number of para-hydroxylation sites is 2. The van der Waals surface area contributed by atoms with E-state index in [1.54, 1.807) is 10.6 Å². The summed E-state index contributed by atoms with van der Waals surface area (Å²) in [4.78, 5) is 33.2. The molecule has 1 atom stereocenters. The molecule has 0 spiro atoms.